The highest BCUT2D eigenvalue weighted by molar-refractivity contribution is 5.99. The molecule has 5 rings (SSSR count). The van der Waals surface area contributed by atoms with E-state index in [0.29, 0.717) is 16.7 Å². The van der Waals surface area contributed by atoms with E-state index in [2.05, 4.69) is 5.32 Å². The summed E-state index contributed by atoms with van der Waals surface area (Å²) in [7, 11) is 0. The molecule has 0 spiro atoms. The molecule has 6 nitrogen and oxygen atoms in total. The minimum Gasteiger partial charge on any atom is -0.449 e. The zero-order valence-electron chi connectivity index (χ0n) is 21.7. The molecule has 0 saturated heterocycles. The number of halogens is 1. The lowest BCUT2D eigenvalue weighted by atomic mass is 10.0. The summed E-state index contributed by atoms with van der Waals surface area (Å²) in [5.74, 6) is -1.92. The normalized spacial score (nSPS) is 11.7. The summed E-state index contributed by atoms with van der Waals surface area (Å²) in [6.45, 7) is 5.48. The second-order valence-electron chi connectivity index (χ2n) is 9.37. The van der Waals surface area contributed by atoms with Crippen molar-refractivity contribution in [1.82, 2.24) is 9.97 Å². The molecule has 4 aromatic carbocycles. The molecule has 1 amide bonds. The molecule has 7 heteroatoms. The predicted octanol–water partition coefficient (Wildman–Crippen LogP) is 6.90. The highest BCUT2D eigenvalue weighted by atomic mass is 19.1. The molecule has 0 bridgehead atoms. The zero-order chi connectivity index (χ0) is 27.5. The van der Waals surface area contributed by atoms with E-state index < -0.39 is 23.8 Å². The number of fused-ring (bicyclic) bond motifs is 1. The maximum absolute atomic E-state index is 13.9. The van der Waals surface area contributed by atoms with Crippen LogP contribution in [0.5, 0.6) is 0 Å². The molecule has 1 unspecified atom stereocenters. The van der Waals surface area contributed by atoms with Gasteiger partial charge in [0.05, 0.1) is 33.7 Å². The van der Waals surface area contributed by atoms with Crippen LogP contribution in [0.2, 0.25) is 0 Å². The van der Waals surface area contributed by atoms with Gasteiger partial charge in [-0.1, -0.05) is 71.8 Å². The van der Waals surface area contributed by atoms with Gasteiger partial charge >= 0.3 is 5.97 Å². The van der Waals surface area contributed by atoms with E-state index in [0.717, 1.165) is 27.9 Å². The predicted molar refractivity (Wildman–Crippen MR) is 150 cm³/mol. The fraction of sp³-hybridized carbons (Fsp3) is 0.125. The third kappa shape index (κ3) is 5.67. The van der Waals surface area contributed by atoms with Crippen LogP contribution in [-0.2, 0) is 9.53 Å². The first kappa shape index (κ1) is 25.7. The van der Waals surface area contributed by atoms with Crippen molar-refractivity contribution in [1.29, 1.82) is 0 Å². The summed E-state index contributed by atoms with van der Waals surface area (Å²) in [6.07, 6.45) is -1.15. The maximum atomic E-state index is 13.9. The van der Waals surface area contributed by atoms with Crippen molar-refractivity contribution in [2.75, 3.05) is 5.32 Å². The molecule has 1 N–H and O–H groups in total. The van der Waals surface area contributed by atoms with E-state index in [1.807, 2.05) is 62.4 Å². The lowest BCUT2D eigenvalue weighted by Crippen LogP contribution is -2.30. The standard InChI is InChI=1S/C32H26FN3O3/c1-19-8-12-22(13-9-19)29-30(23-14-10-20(2)11-15-23)35-28-18-24(16-17-27(28)34-29)32(38)39-21(3)31(37)36-26-7-5-4-6-25(26)33/h4-18,21H,1-3H3,(H,36,37). The van der Waals surface area contributed by atoms with Crippen molar-refractivity contribution >= 4 is 28.6 Å². The van der Waals surface area contributed by atoms with Gasteiger partial charge in [-0.15, -0.1) is 0 Å². The number of hydrogen-bond acceptors (Lipinski definition) is 5. The Morgan fingerprint density at radius 2 is 1.33 bits per heavy atom. The van der Waals surface area contributed by atoms with E-state index >= 15 is 0 Å². The van der Waals surface area contributed by atoms with E-state index in [-0.39, 0.29) is 11.3 Å². The van der Waals surface area contributed by atoms with Crippen LogP contribution in [-0.4, -0.2) is 27.9 Å². The first-order chi connectivity index (χ1) is 18.8. The molecule has 5 aromatic rings. The van der Waals surface area contributed by atoms with Crippen LogP contribution in [0.4, 0.5) is 10.1 Å². The average molecular weight is 520 g/mol. The number of ether oxygens (including phenoxy) is 1. The van der Waals surface area contributed by atoms with Gasteiger partial charge in [-0.2, -0.15) is 0 Å². The molecular weight excluding hydrogens is 493 g/mol. The largest absolute Gasteiger partial charge is 0.449 e. The van der Waals surface area contributed by atoms with Gasteiger partial charge in [-0.05, 0) is 51.1 Å². The Hall–Kier alpha value is -4.91. The SMILES string of the molecule is Cc1ccc(-c2nc3ccc(C(=O)OC(C)C(=O)Nc4ccccc4F)cc3nc2-c2ccc(C)cc2)cc1. The Morgan fingerprint density at radius 1 is 0.769 bits per heavy atom. The van der Waals surface area contributed by atoms with E-state index in [1.54, 1.807) is 24.3 Å². The Balaban J connectivity index is 1.45. The summed E-state index contributed by atoms with van der Waals surface area (Å²) in [5, 5.41) is 2.44. The van der Waals surface area contributed by atoms with Gasteiger partial charge in [-0.25, -0.2) is 19.2 Å². The van der Waals surface area contributed by atoms with Gasteiger partial charge < -0.3 is 10.1 Å². The number of nitrogens with zero attached hydrogens (tertiary/aromatic N) is 2. The highest BCUT2D eigenvalue weighted by Crippen LogP contribution is 2.31. The molecule has 0 aliphatic carbocycles. The first-order valence-electron chi connectivity index (χ1n) is 12.5. The number of hydrogen-bond donors (Lipinski definition) is 1. The molecule has 1 atom stereocenters. The third-order valence-corrected chi connectivity index (χ3v) is 6.33. The molecule has 1 aromatic heterocycles. The number of aryl methyl sites for hydroxylation is 2. The van der Waals surface area contributed by atoms with Gasteiger partial charge in [0.15, 0.2) is 6.10 Å². The van der Waals surface area contributed by atoms with Gasteiger partial charge in [0.1, 0.15) is 5.82 Å². The van der Waals surface area contributed by atoms with Crippen LogP contribution in [0, 0.1) is 19.7 Å². The maximum Gasteiger partial charge on any atom is 0.338 e. The van der Waals surface area contributed by atoms with E-state index in [4.69, 9.17) is 14.7 Å². The summed E-state index contributed by atoms with van der Waals surface area (Å²) in [4.78, 5) is 35.2. The van der Waals surface area contributed by atoms with Crippen molar-refractivity contribution in [3.63, 3.8) is 0 Å². The van der Waals surface area contributed by atoms with Crippen LogP contribution in [0.25, 0.3) is 33.5 Å². The van der Waals surface area contributed by atoms with Crippen LogP contribution < -0.4 is 5.32 Å². The molecule has 0 fully saturated rings. The second kappa shape index (κ2) is 10.8. The zero-order valence-corrected chi connectivity index (χ0v) is 21.7. The van der Waals surface area contributed by atoms with Crippen molar-refractivity contribution in [3.8, 4) is 22.5 Å². The summed E-state index contributed by atoms with van der Waals surface area (Å²) >= 11 is 0. The Kier molecular flexibility index (Phi) is 7.14. The van der Waals surface area contributed by atoms with Crippen LogP contribution >= 0.6 is 0 Å². The van der Waals surface area contributed by atoms with E-state index in [1.165, 1.54) is 25.1 Å². The smallest absolute Gasteiger partial charge is 0.338 e. The molecule has 0 aliphatic heterocycles. The summed E-state index contributed by atoms with van der Waals surface area (Å²) < 4.78 is 19.3. The lowest BCUT2D eigenvalue weighted by Gasteiger charge is -2.14. The average Bonchev–Trinajstić information content (AvgIpc) is 2.94. The van der Waals surface area contributed by atoms with E-state index in [9.17, 15) is 14.0 Å². The number of rotatable bonds is 6. The number of benzene rings is 4. The fourth-order valence-electron chi connectivity index (χ4n) is 4.09. The monoisotopic (exact) mass is 519 g/mol. The third-order valence-electron chi connectivity index (χ3n) is 6.33. The molecule has 1 heterocycles. The number of carbonyl (C=O) groups excluding carboxylic acids is 2. The highest BCUT2D eigenvalue weighted by Gasteiger charge is 2.21. The fourth-order valence-corrected chi connectivity index (χ4v) is 4.09. The molecule has 0 radical (unpaired) electrons. The number of aromatic nitrogens is 2. The Bertz CT molecular complexity index is 1680. The molecule has 194 valence electrons. The summed E-state index contributed by atoms with van der Waals surface area (Å²) in [5.41, 5.74) is 6.89. The van der Waals surface area contributed by atoms with Crippen molar-refractivity contribution in [2.24, 2.45) is 0 Å². The van der Waals surface area contributed by atoms with Gasteiger partial charge in [0, 0.05) is 11.1 Å². The minimum absolute atomic E-state index is 0.0133. The number of esters is 1. The van der Waals surface area contributed by atoms with Gasteiger partial charge in [0.2, 0.25) is 0 Å². The number of para-hydroxylation sites is 1. The minimum atomic E-state index is -1.15. The van der Waals surface area contributed by atoms with Gasteiger partial charge in [-0.3, -0.25) is 4.79 Å². The van der Waals surface area contributed by atoms with Crippen molar-refractivity contribution < 1.29 is 18.7 Å². The van der Waals surface area contributed by atoms with Crippen LogP contribution in [0.15, 0.2) is 91.0 Å². The van der Waals surface area contributed by atoms with Gasteiger partial charge in [0.25, 0.3) is 5.91 Å². The quantitative estimate of drug-likeness (QED) is 0.247. The second-order valence-corrected chi connectivity index (χ2v) is 9.37. The van der Waals surface area contributed by atoms with Crippen molar-refractivity contribution in [3.05, 3.63) is 114 Å². The van der Waals surface area contributed by atoms with Crippen LogP contribution in [0.1, 0.15) is 28.4 Å². The number of amides is 1. The van der Waals surface area contributed by atoms with Crippen LogP contribution in [0.3, 0.4) is 0 Å². The Labute approximate surface area is 225 Å². The number of anilines is 1. The molecule has 0 saturated carbocycles. The lowest BCUT2D eigenvalue weighted by molar-refractivity contribution is -0.123. The summed E-state index contributed by atoms with van der Waals surface area (Å²) in [6, 6.07) is 26.8. The Morgan fingerprint density at radius 3 is 1.92 bits per heavy atom. The number of nitrogens with one attached hydrogen (secondary N) is 1. The molecule has 0 aliphatic rings. The first-order valence-corrected chi connectivity index (χ1v) is 12.5. The van der Waals surface area contributed by atoms with Crippen molar-refractivity contribution in [2.45, 2.75) is 26.9 Å². The molecular formula is C32H26FN3O3. The topological polar surface area (TPSA) is 81.2 Å². The molecule has 39 heavy (non-hydrogen) atoms. The number of carbonyl (C=O) groups is 2.